The molecule has 0 atom stereocenters. The molecule has 2 rings (SSSR count). The quantitative estimate of drug-likeness (QED) is 0.782. The molecule has 0 fully saturated rings. The van der Waals surface area contributed by atoms with Gasteiger partial charge in [-0.05, 0) is 35.6 Å². The van der Waals surface area contributed by atoms with Gasteiger partial charge in [0.25, 0.3) is 0 Å². The minimum atomic E-state index is 0.165. The molecule has 0 amide bonds. The zero-order valence-electron chi connectivity index (χ0n) is 12.8. The van der Waals surface area contributed by atoms with Crippen LogP contribution in [-0.2, 0) is 5.41 Å². The van der Waals surface area contributed by atoms with Gasteiger partial charge < -0.3 is 10.6 Å². The van der Waals surface area contributed by atoms with E-state index in [0.29, 0.717) is 0 Å². The van der Waals surface area contributed by atoms with E-state index in [1.165, 1.54) is 11.3 Å². The second kappa shape index (κ2) is 6.00. The van der Waals surface area contributed by atoms with Crippen molar-refractivity contribution in [2.75, 3.05) is 17.7 Å². The smallest absolute Gasteiger partial charge is 0.0619 e. The number of anilines is 3. The van der Waals surface area contributed by atoms with Crippen molar-refractivity contribution in [3.8, 4) is 0 Å². The molecule has 0 saturated heterocycles. The third-order valence-corrected chi connectivity index (χ3v) is 4.01. The second-order valence-corrected chi connectivity index (χ2v) is 5.70. The average molecular weight is 268 g/mol. The highest BCUT2D eigenvalue weighted by molar-refractivity contribution is 5.75. The van der Waals surface area contributed by atoms with Crippen LogP contribution < -0.4 is 10.6 Å². The molecule has 0 bridgehead atoms. The van der Waals surface area contributed by atoms with Crippen molar-refractivity contribution in [3.63, 3.8) is 0 Å². The molecule has 2 N–H and O–H groups in total. The fraction of sp³-hybridized carbons (Fsp3) is 0.333. The van der Waals surface area contributed by atoms with Crippen LogP contribution in [0.15, 0.2) is 48.5 Å². The first-order valence-electron chi connectivity index (χ1n) is 7.22. The van der Waals surface area contributed by atoms with Crippen LogP contribution in [0.3, 0.4) is 0 Å². The Labute approximate surface area is 122 Å². The standard InChI is InChI=1S/C18H24N2/c1-5-18(2,3)14-10-6-7-11-15(14)20-17-13-9-8-12-16(17)19-4/h6-13,19-20H,5H2,1-4H3. The predicted molar refractivity (Wildman–Crippen MR) is 89.0 cm³/mol. The first kappa shape index (κ1) is 14.4. The van der Waals surface area contributed by atoms with Crippen molar-refractivity contribution in [3.05, 3.63) is 54.1 Å². The molecule has 0 unspecified atom stereocenters. The summed E-state index contributed by atoms with van der Waals surface area (Å²) in [6.07, 6.45) is 1.11. The van der Waals surface area contributed by atoms with Crippen LogP contribution in [-0.4, -0.2) is 7.05 Å². The van der Waals surface area contributed by atoms with Crippen molar-refractivity contribution in [1.82, 2.24) is 0 Å². The van der Waals surface area contributed by atoms with E-state index in [2.05, 4.69) is 73.9 Å². The maximum absolute atomic E-state index is 3.57. The van der Waals surface area contributed by atoms with Gasteiger partial charge in [0.2, 0.25) is 0 Å². The molecular formula is C18H24N2. The van der Waals surface area contributed by atoms with Crippen LogP contribution in [0.4, 0.5) is 17.1 Å². The Morgan fingerprint density at radius 2 is 1.40 bits per heavy atom. The molecular weight excluding hydrogens is 244 g/mol. The van der Waals surface area contributed by atoms with Crippen LogP contribution in [0.25, 0.3) is 0 Å². The molecule has 2 aromatic rings. The minimum Gasteiger partial charge on any atom is -0.386 e. The third-order valence-electron chi connectivity index (χ3n) is 4.01. The molecule has 2 nitrogen and oxygen atoms in total. The summed E-state index contributed by atoms with van der Waals surface area (Å²) < 4.78 is 0. The van der Waals surface area contributed by atoms with Crippen molar-refractivity contribution in [2.24, 2.45) is 0 Å². The average Bonchev–Trinajstić information content (AvgIpc) is 2.48. The van der Waals surface area contributed by atoms with Crippen LogP contribution in [0.1, 0.15) is 32.8 Å². The van der Waals surface area contributed by atoms with Gasteiger partial charge in [-0.15, -0.1) is 0 Å². The van der Waals surface area contributed by atoms with Crippen molar-refractivity contribution in [2.45, 2.75) is 32.6 Å². The Morgan fingerprint density at radius 3 is 2.00 bits per heavy atom. The number of hydrogen-bond donors (Lipinski definition) is 2. The van der Waals surface area contributed by atoms with E-state index in [-0.39, 0.29) is 5.41 Å². The molecule has 2 heteroatoms. The number of benzene rings is 2. The first-order chi connectivity index (χ1) is 9.58. The van der Waals surface area contributed by atoms with E-state index in [9.17, 15) is 0 Å². The second-order valence-electron chi connectivity index (χ2n) is 5.70. The van der Waals surface area contributed by atoms with E-state index in [1.807, 2.05) is 13.1 Å². The lowest BCUT2D eigenvalue weighted by Gasteiger charge is -2.27. The Morgan fingerprint density at radius 1 is 0.850 bits per heavy atom. The zero-order valence-corrected chi connectivity index (χ0v) is 12.8. The molecule has 2 aromatic carbocycles. The number of nitrogens with one attached hydrogen (secondary N) is 2. The van der Waals surface area contributed by atoms with E-state index in [1.54, 1.807) is 0 Å². The van der Waals surface area contributed by atoms with Gasteiger partial charge in [-0.2, -0.15) is 0 Å². The predicted octanol–water partition coefficient (Wildman–Crippen LogP) is 5.16. The summed E-state index contributed by atoms with van der Waals surface area (Å²) in [5, 5.41) is 6.80. The van der Waals surface area contributed by atoms with Gasteiger partial charge in [0, 0.05) is 12.7 Å². The summed E-state index contributed by atoms with van der Waals surface area (Å²) in [5.41, 5.74) is 4.92. The highest BCUT2D eigenvalue weighted by atomic mass is 14.9. The van der Waals surface area contributed by atoms with Crippen LogP contribution in [0.2, 0.25) is 0 Å². The van der Waals surface area contributed by atoms with Gasteiger partial charge >= 0.3 is 0 Å². The Hall–Kier alpha value is -1.96. The maximum atomic E-state index is 3.57. The highest BCUT2D eigenvalue weighted by Gasteiger charge is 2.21. The molecule has 0 aliphatic carbocycles. The van der Waals surface area contributed by atoms with Crippen molar-refractivity contribution >= 4 is 17.1 Å². The summed E-state index contributed by atoms with van der Waals surface area (Å²) in [4.78, 5) is 0. The normalized spacial score (nSPS) is 11.2. The largest absolute Gasteiger partial charge is 0.386 e. The van der Waals surface area contributed by atoms with E-state index >= 15 is 0 Å². The monoisotopic (exact) mass is 268 g/mol. The Kier molecular flexibility index (Phi) is 4.33. The third kappa shape index (κ3) is 2.96. The lowest BCUT2D eigenvalue weighted by Crippen LogP contribution is -2.17. The van der Waals surface area contributed by atoms with Crippen molar-refractivity contribution < 1.29 is 0 Å². The zero-order chi connectivity index (χ0) is 14.6. The lowest BCUT2D eigenvalue weighted by molar-refractivity contribution is 0.508. The maximum Gasteiger partial charge on any atom is 0.0619 e. The molecule has 0 radical (unpaired) electrons. The molecule has 106 valence electrons. The van der Waals surface area contributed by atoms with Gasteiger partial charge in [-0.1, -0.05) is 51.1 Å². The summed E-state index contributed by atoms with van der Waals surface area (Å²) >= 11 is 0. The molecule has 0 aromatic heterocycles. The van der Waals surface area contributed by atoms with Crippen LogP contribution >= 0.6 is 0 Å². The lowest BCUT2D eigenvalue weighted by atomic mass is 9.81. The summed E-state index contributed by atoms with van der Waals surface area (Å²) in [7, 11) is 1.95. The van der Waals surface area contributed by atoms with Gasteiger partial charge in [0.05, 0.1) is 11.4 Å². The first-order valence-corrected chi connectivity index (χ1v) is 7.22. The molecule has 0 saturated carbocycles. The molecule has 0 aliphatic rings. The Bertz CT molecular complexity index is 573. The van der Waals surface area contributed by atoms with Crippen LogP contribution in [0.5, 0.6) is 0 Å². The molecule has 0 spiro atoms. The van der Waals surface area contributed by atoms with Gasteiger partial charge in [-0.25, -0.2) is 0 Å². The van der Waals surface area contributed by atoms with E-state index in [0.717, 1.165) is 17.8 Å². The topological polar surface area (TPSA) is 24.1 Å². The van der Waals surface area contributed by atoms with Gasteiger partial charge in [-0.3, -0.25) is 0 Å². The van der Waals surface area contributed by atoms with E-state index in [4.69, 9.17) is 0 Å². The summed E-state index contributed by atoms with van der Waals surface area (Å²) in [6.45, 7) is 6.81. The Balaban J connectivity index is 2.39. The molecule has 0 aliphatic heterocycles. The number of rotatable bonds is 5. The minimum absolute atomic E-state index is 0.165. The SMILES string of the molecule is CCC(C)(C)c1ccccc1Nc1ccccc1NC. The number of para-hydroxylation sites is 3. The molecule has 0 heterocycles. The van der Waals surface area contributed by atoms with E-state index < -0.39 is 0 Å². The van der Waals surface area contributed by atoms with Crippen molar-refractivity contribution in [1.29, 1.82) is 0 Å². The fourth-order valence-corrected chi connectivity index (χ4v) is 2.33. The summed E-state index contributed by atoms with van der Waals surface area (Å²) in [5.74, 6) is 0. The summed E-state index contributed by atoms with van der Waals surface area (Å²) in [6, 6.07) is 16.8. The highest BCUT2D eigenvalue weighted by Crippen LogP contribution is 2.35. The molecule has 20 heavy (non-hydrogen) atoms. The number of hydrogen-bond acceptors (Lipinski definition) is 2. The fourth-order valence-electron chi connectivity index (χ4n) is 2.33. The van der Waals surface area contributed by atoms with Gasteiger partial charge in [0.1, 0.15) is 0 Å². The van der Waals surface area contributed by atoms with Crippen LogP contribution in [0, 0.1) is 0 Å². The van der Waals surface area contributed by atoms with Gasteiger partial charge in [0.15, 0.2) is 0 Å².